The molecule has 0 bridgehead atoms. The lowest BCUT2D eigenvalue weighted by atomic mass is 10.2. The summed E-state index contributed by atoms with van der Waals surface area (Å²) in [7, 11) is 0. The summed E-state index contributed by atoms with van der Waals surface area (Å²) < 4.78 is 38.3. The summed E-state index contributed by atoms with van der Waals surface area (Å²) in [4.78, 5) is 8.11. The van der Waals surface area contributed by atoms with Crippen LogP contribution in [-0.2, 0) is 12.7 Å². The van der Waals surface area contributed by atoms with E-state index in [9.17, 15) is 13.2 Å². The highest BCUT2D eigenvalue weighted by Gasteiger charge is 2.30. The van der Waals surface area contributed by atoms with Crippen molar-refractivity contribution in [2.24, 2.45) is 0 Å². The highest BCUT2D eigenvalue weighted by molar-refractivity contribution is 5.57. The largest absolute Gasteiger partial charge is 0.416 e. The van der Waals surface area contributed by atoms with Gasteiger partial charge in [-0.25, -0.2) is 0 Å². The van der Waals surface area contributed by atoms with Gasteiger partial charge in [-0.2, -0.15) is 23.3 Å². The van der Waals surface area contributed by atoms with Crippen LogP contribution in [0.2, 0.25) is 0 Å². The lowest BCUT2D eigenvalue weighted by Gasteiger charge is -2.10. The van der Waals surface area contributed by atoms with Crippen molar-refractivity contribution in [1.82, 2.24) is 20.2 Å². The Morgan fingerprint density at radius 1 is 1.04 bits per heavy atom. The van der Waals surface area contributed by atoms with Crippen LogP contribution >= 0.6 is 0 Å². The molecule has 3 aromatic rings. The van der Waals surface area contributed by atoms with E-state index in [0.29, 0.717) is 6.54 Å². The third-order valence-electron chi connectivity index (χ3n) is 3.22. The van der Waals surface area contributed by atoms with E-state index in [2.05, 4.69) is 30.8 Å². The van der Waals surface area contributed by atoms with Gasteiger partial charge in [-0.15, -0.1) is 5.10 Å². The number of nitrogens with one attached hydrogen (secondary N) is 2. The summed E-state index contributed by atoms with van der Waals surface area (Å²) in [6.07, 6.45) is 0.264. The first kappa shape index (κ1) is 16.6. The molecule has 1 aromatic carbocycles. The minimum atomic E-state index is -4.40. The van der Waals surface area contributed by atoms with Crippen LogP contribution in [0.3, 0.4) is 0 Å². The molecule has 0 saturated carbocycles. The molecule has 2 N–H and O–H groups in total. The minimum Gasteiger partial charge on any atom is -0.349 e. The van der Waals surface area contributed by atoms with Gasteiger partial charge in [-0.3, -0.25) is 4.98 Å². The maximum absolute atomic E-state index is 12.8. The number of pyridine rings is 1. The molecule has 128 valence electrons. The molecular formula is C16H13F3N6. The number of nitrogens with zero attached hydrogens (tertiary/aromatic N) is 4. The van der Waals surface area contributed by atoms with Crippen molar-refractivity contribution in [3.8, 4) is 0 Å². The molecular weight excluding hydrogens is 333 g/mol. The van der Waals surface area contributed by atoms with Crippen LogP contribution < -0.4 is 10.6 Å². The van der Waals surface area contributed by atoms with Gasteiger partial charge in [0.25, 0.3) is 0 Å². The highest BCUT2D eigenvalue weighted by atomic mass is 19.4. The molecule has 0 aliphatic carbocycles. The SMILES string of the molecule is FC(F)(F)c1cccc(Nc2cnnc(NCc3ccncc3)n2)c1. The number of anilines is 3. The zero-order valence-electron chi connectivity index (χ0n) is 12.8. The summed E-state index contributed by atoms with van der Waals surface area (Å²) in [5, 5.41) is 13.4. The van der Waals surface area contributed by atoms with Gasteiger partial charge in [0, 0.05) is 24.6 Å². The van der Waals surface area contributed by atoms with Crippen molar-refractivity contribution in [1.29, 1.82) is 0 Å². The van der Waals surface area contributed by atoms with Crippen molar-refractivity contribution < 1.29 is 13.2 Å². The van der Waals surface area contributed by atoms with Gasteiger partial charge in [0.1, 0.15) is 0 Å². The Morgan fingerprint density at radius 3 is 2.60 bits per heavy atom. The molecule has 9 heteroatoms. The van der Waals surface area contributed by atoms with E-state index >= 15 is 0 Å². The number of alkyl halides is 3. The van der Waals surface area contributed by atoms with Crippen LogP contribution in [0.25, 0.3) is 0 Å². The van der Waals surface area contributed by atoms with Crippen LogP contribution in [0.4, 0.5) is 30.6 Å². The van der Waals surface area contributed by atoms with E-state index in [1.807, 2.05) is 12.1 Å². The van der Waals surface area contributed by atoms with E-state index in [1.54, 1.807) is 12.4 Å². The lowest BCUT2D eigenvalue weighted by Crippen LogP contribution is -2.07. The Balaban J connectivity index is 1.69. The van der Waals surface area contributed by atoms with Gasteiger partial charge >= 0.3 is 6.18 Å². The van der Waals surface area contributed by atoms with Crippen LogP contribution in [0.1, 0.15) is 11.1 Å². The predicted octanol–water partition coefficient (Wildman–Crippen LogP) is 3.64. The molecule has 2 aromatic heterocycles. The third kappa shape index (κ3) is 4.63. The topological polar surface area (TPSA) is 75.6 Å². The summed E-state index contributed by atoms with van der Waals surface area (Å²) in [6, 6.07) is 8.53. The van der Waals surface area contributed by atoms with Crippen molar-refractivity contribution in [3.63, 3.8) is 0 Å². The number of halogens is 3. The molecule has 3 rings (SSSR count). The van der Waals surface area contributed by atoms with Crippen LogP contribution in [0, 0.1) is 0 Å². The second-order valence-corrected chi connectivity index (χ2v) is 5.08. The standard InChI is InChI=1S/C16H13F3N6/c17-16(18,19)12-2-1-3-13(8-12)23-14-10-22-25-15(24-14)21-9-11-4-6-20-7-5-11/h1-8,10H,9H2,(H2,21,23,24,25). The fourth-order valence-corrected chi connectivity index (χ4v) is 2.04. The first-order valence-corrected chi connectivity index (χ1v) is 7.27. The van der Waals surface area contributed by atoms with Crippen molar-refractivity contribution in [3.05, 3.63) is 66.1 Å². The van der Waals surface area contributed by atoms with Crippen LogP contribution in [-0.4, -0.2) is 20.2 Å². The van der Waals surface area contributed by atoms with E-state index in [0.717, 1.165) is 17.7 Å². The molecule has 0 aliphatic rings. The van der Waals surface area contributed by atoms with Crippen LogP contribution in [0.15, 0.2) is 55.0 Å². The molecule has 0 atom stereocenters. The van der Waals surface area contributed by atoms with E-state index in [-0.39, 0.29) is 17.5 Å². The predicted molar refractivity (Wildman–Crippen MR) is 86.1 cm³/mol. The van der Waals surface area contributed by atoms with Gasteiger partial charge in [0.2, 0.25) is 5.95 Å². The number of hydrogen-bond acceptors (Lipinski definition) is 6. The molecule has 0 unspecified atom stereocenters. The number of rotatable bonds is 5. The Hall–Kier alpha value is -3.23. The first-order valence-electron chi connectivity index (χ1n) is 7.27. The molecule has 2 heterocycles. The summed E-state index contributed by atoms with van der Waals surface area (Å²) in [6.45, 7) is 0.469. The Kier molecular flexibility index (Phi) is 4.73. The molecule has 6 nitrogen and oxygen atoms in total. The van der Waals surface area contributed by atoms with Gasteiger partial charge in [-0.05, 0) is 35.9 Å². The maximum atomic E-state index is 12.8. The molecule has 25 heavy (non-hydrogen) atoms. The van der Waals surface area contributed by atoms with Gasteiger partial charge in [0.05, 0.1) is 11.8 Å². The second kappa shape index (κ2) is 7.12. The lowest BCUT2D eigenvalue weighted by molar-refractivity contribution is -0.137. The minimum absolute atomic E-state index is 0.258. The fraction of sp³-hybridized carbons (Fsp3) is 0.125. The average molecular weight is 346 g/mol. The molecule has 0 aliphatic heterocycles. The van der Waals surface area contributed by atoms with E-state index in [1.165, 1.54) is 18.3 Å². The summed E-state index contributed by atoms with van der Waals surface area (Å²) in [5.41, 5.74) is 0.501. The summed E-state index contributed by atoms with van der Waals surface area (Å²) in [5.74, 6) is 0.542. The Bertz CT molecular complexity index is 839. The average Bonchev–Trinajstić information content (AvgIpc) is 2.61. The normalized spacial score (nSPS) is 11.2. The molecule has 0 spiro atoms. The quantitative estimate of drug-likeness (QED) is 0.735. The Morgan fingerprint density at radius 2 is 1.84 bits per heavy atom. The third-order valence-corrected chi connectivity index (χ3v) is 3.22. The number of aromatic nitrogens is 4. The zero-order chi connectivity index (χ0) is 17.7. The summed E-state index contributed by atoms with van der Waals surface area (Å²) >= 11 is 0. The number of benzene rings is 1. The zero-order valence-corrected chi connectivity index (χ0v) is 12.8. The number of hydrogen-bond donors (Lipinski definition) is 2. The fourth-order valence-electron chi connectivity index (χ4n) is 2.04. The molecule has 0 saturated heterocycles. The van der Waals surface area contributed by atoms with Crippen molar-refractivity contribution >= 4 is 17.5 Å². The van der Waals surface area contributed by atoms with E-state index < -0.39 is 11.7 Å². The monoisotopic (exact) mass is 346 g/mol. The van der Waals surface area contributed by atoms with Gasteiger partial charge in [-0.1, -0.05) is 6.07 Å². The smallest absolute Gasteiger partial charge is 0.349 e. The van der Waals surface area contributed by atoms with Crippen molar-refractivity contribution in [2.45, 2.75) is 12.7 Å². The highest BCUT2D eigenvalue weighted by Crippen LogP contribution is 2.31. The van der Waals surface area contributed by atoms with Gasteiger partial charge in [0.15, 0.2) is 5.82 Å². The molecule has 0 amide bonds. The maximum Gasteiger partial charge on any atom is 0.416 e. The molecule has 0 radical (unpaired) electrons. The molecule has 0 fully saturated rings. The van der Waals surface area contributed by atoms with Gasteiger partial charge < -0.3 is 10.6 Å². The first-order chi connectivity index (χ1) is 12.0. The Labute approximate surface area is 141 Å². The van der Waals surface area contributed by atoms with Crippen LogP contribution in [0.5, 0.6) is 0 Å². The van der Waals surface area contributed by atoms with Crippen molar-refractivity contribution in [2.75, 3.05) is 10.6 Å². The van der Waals surface area contributed by atoms with E-state index in [4.69, 9.17) is 0 Å². The second-order valence-electron chi connectivity index (χ2n) is 5.08.